The van der Waals surface area contributed by atoms with Gasteiger partial charge >= 0.3 is 5.97 Å². The van der Waals surface area contributed by atoms with Crippen LogP contribution in [0.2, 0.25) is 0 Å². The Morgan fingerprint density at radius 1 is 1.38 bits per heavy atom. The summed E-state index contributed by atoms with van der Waals surface area (Å²) < 4.78 is -0.656. The number of carboxylic acids is 1. The highest BCUT2D eigenvalue weighted by Crippen LogP contribution is 2.41. The Labute approximate surface area is 98.5 Å². The molecule has 3 nitrogen and oxygen atoms in total. The van der Waals surface area contributed by atoms with Gasteiger partial charge in [0, 0.05) is 0 Å². The lowest BCUT2D eigenvalue weighted by molar-refractivity contribution is -0.139. The zero-order valence-electron chi connectivity index (χ0n) is 8.85. The predicted molar refractivity (Wildman–Crippen MR) is 63.9 cm³/mol. The Morgan fingerprint density at radius 3 is 2.56 bits per heavy atom. The maximum absolute atomic E-state index is 11.3. The Balaban J connectivity index is 2.18. The molecule has 1 fully saturated rings. The zero-order valence-corrected chi connectivity index (χ0v) is 9.67. The second-order valence-corrected chi connectivity index (χ2v) is 5.57. The maximum Gasteiger partial charge on any atom is 0.320 e. The number of benzene rings is 1. The molecule has 1 aromatic carbocycles. The molecule has 0 amide bonds. The third kappa shape index (κ3) is 2.16. The number of aromatic hydroxyl groups is 1. The van der Waals surface area contributed by atoms with Gasteiger partial charge in [-0.3, -0.25) is 4.79 Å². The van der Waals surface area contributed by atoms with Gasteiger partial charge in [0.1, 0.15) is 10.5 Å². The largest absolute Gasteiger partial charge is 0.508 e. The molecule has 0 saturated carbocycles. The summed E-state index contributed by atoms with van der Waals surface area (Å²) in [6.07, 6.45) is 2.23. The van der Waals surface area contributed by atoms with E-state index in [1.165, 1.54) is 11.8 Å². The quantitative estimate of drug-likeness (QED) is 0.848. The highest BCUT2D eigenvalue weighted by molar-refractivity contribution is 8.01. The van der Waals surface area contributed by atoms with E-state index in [1.54, 1.807) is 24.3 Å². The smallest absolute Gasteiger partial charge is 0.320 e. The van der Waals surface area contributed by atoms with E-state index in [1.807, 2.05) is 0 Å². The van der Waals surface area contributed by atoms with E-state index >= 15 is 0 Å². The molecular weight excluding hydrogens is 224 g/mol. The number of thioether (sulfide) groups is 1. The number of hydrogen-bond donors (Lipinski definition) is 2. The Hall–Kier alpha value is -1.16. The topological polar surface area (TPSA) is 57.5 Å². The third-order valence-corrected chi connectivity index (χ3v) is 4.49. The second kappa shape index (κ2) is 4.37. The average molecular weight is 238 g/mol. The number of hydrogen-bond acceptors (Lipinski definition) is 3. The van der Waals surface area contributed by atoms with Crippen LogP contribution in [0, 0.1) is 0 Å². The van der Waals surface area contributed by atoms with Crippen molar-refractivity contribution in [2.45, 2.75) is 24.0 Å². The zero-order chi connectivity index (χ0) is 11.6. The van der Waals surface area contributed by atoms with Gasteiger partial charge in [0.25, 0.3) is 0 Å². The Morgan fingerprint density at radius 2 is 2.06 bits per heavy atom. The van der Waals surface area contributed by atoms with Crippen LogP contribution in [0.3, 0.4) is 0 Å². The molecule has 1 aliphatic rings. The number of carboxylic acid groups (broad SMARTS) is 1. The third-order valence-electron chi connectivity index (χ3n) is 2.92. The van der Waals surface area contributed by atoms with Gasteiger partial charge in [0.05, 0.1) is 0 Å². The van der Waals surface area contributed by atoms with Gasteiger partial charge in [0.2, 0.25) is 0 Å². The minimum absolute atomic E-state index is 0.215. The van der Waals surface area contributed by atoms with E-state index in [2.05, 4.69) is 0 Å². The second-order valence-electron chi connectivity index (χ2n) is 4.09. The lowest BCUT2D eigenvalue weighted by atomic mass is 9.94. The fourth-order valence-electron chi connectivity index (χ4n) is 2.02. The Bertz CT molecular complexity index is 380. The van der Waals surface area contributed by atoms with Gasteiger partial charge in [-0.25, -0.2) is 0 Å². The van der Waals surface area contributed by atoms with Gasteiger partial charge in [-0.15, -0.1) is 11.8 Å². The summed E-state index contributed by atoms with van der Waals surface area (Å²) in [5, 5.41) is 18.5. The van der Waals surface area contributed by atoms with Gasteiger partial charge in [-0.05, 0) is 42.7 Å². The number of phenols is 1. The average Bonchev–Trinajstić information content (AvgIpc) is 2.71. The first kappa shape index (κ1) is 11.3. The molecule has 0 aliphatic carbocycles. The fraction of sp³-hybridized carbons (Fsp3) is 0.417. The molecule has 16 heavy (non-hydrogen) atoms. The van der Waals surface area contributed by atoms with Crippen LogP contribution in [0.5, 0.6) is 5.75 Å². The summed E-state index contributed by atoms with van der Waals surface area (Å²) >= 11 is 1.53. The molecule has 86 valence electrons. The first-order chi connectivity index (χ1) is 7.62. The van der Waals surface area contributed by atoms with Crippen molar-refractivity contribution in [1.82, 2.24) is 0 Å². The Kier molecular flexibility index (Phi) is 3.10. The van der Waals surface area contributed by atoms with Crippen LogP contribution in [0.1, 0.15) is 18.4 Å². The van der Waals surface area contributed by atoms with Crippen LogP contribution in [-0.2, 0) is 11.2 Å². The molecule has 1 heterocycles. The summed E-state index contributed by atoms with van der Waals surface area (Å²) in [6, 6.07) is 6.78. The maximum atomic E-state index is 11.3. The van der Waals surface area contributed by atoms with E-state index in [0.29, 0.717) is 6.42 Å². The molecular formula is C12H14O3S. The van der Waals surface area contributed by atoms with Crippen LogP contribution >= 0.6 is 11.8 Å². The van der Waals surface area contributed by atoms with E-state index in [-0.39, 0.29) is 5.75 Å². The van der Waals surface area contributed by atoms with Gasteiger partial charge in [-0.1, -0.05) is 12.1 Å². The number of phenolic OH excluding ortho intramolecular Hbond substituents is 1. The first-order valence-corrected chi connectivity index (χ1v) is 6.26. The van der Waals surface area contributed by atoms with E-state index in [9.17, 15) is 9.90 Å². The number of aliphatic carboxylic acids is 1. The van der Waals surface area contributed by atoms with Gasteiger partial charge in [-0.2, -0.15) is 0 Å². The summed E-state index contributed by atoms with van der Waals surface area (Å²) in [4.78, 5) is 11.3. The van der Waals surface area contributed by atoms with E-state index in [0.717, 1.165) is 24.2 Å². The molecule has 0 radical (unpaired) electrons. The fourth-order valence-corrected chi connectivity index (χ4v) is 3.38. The summed E-state index contributed by atoms with van der Waals surface area (Å²) in [6.45, 7) is 0. The molecule has 1 atom stereocenters. The molecule has 0 aromatic heterocycles. The van der Waals surface area contributed by atoms with E-state index in [4.69, 9.17) is 5.11 Å². The van der Waals surface area contributed by atoms with Crippen molar-refractivity contribution in [2.24, 2.45) is 0 Å². The molecule has 2 N–H and O–H groups in total. The molecule has 1 aliphatic heterocycles. The number of rotatable bonds is 3. The minimum atomic E-state index is -0.719. The molecule has 2 rings (SSSR count). The van der Waals surface area contributed by atoms with Gasteiger partial charge in [0.15, 0.2) is 0 Å². The SMILES string of the molecule is O=C(O)C1(Cc2ccc(O)cc2)CCCS1. The highest BCUT2D eigenvalue weighted by Gasteiger charge is 2.42. The van der Waals surface area contributed by atoms with Crippen LogP contribution < -0.4 is 0 Å². The molecule has 4 heteroatoms. The predicted octanol–water partition coefficient (Wildman–Crippen LogP) is 2.29. The van der Waals surface area contributed by atoms with Crippen LogP contribution in [0.25, 0.3) is 0 Å². The standard InChI is InChI=1S/C12H14O3S/c13-10-4-2-9(3-5-10)8-12(11(14)15)6-1-7-16-12/h2-5,13H,1,6-8H2,(H,14,15). The molecule has 0 bridgehead atoms. The summed E-state index contributed by atoms with van der Waals surface area (Å²) in [5.41, 5.74) is 0.967. The summed E-state index contributed by atoms with van der Waals surface area (Å²) in [7, 11) is 0. The molecule has 0 spiro atoms. The van der Waals surface area contributed by atoms with Crippen molar-refractivity contribution in [3.63, 3.8) is 0 Å². The van der Waals surface area contributed by atoms with Crippen molar-refractivity contribution in [2.75, 3.05) is 5.75 Å². The van der Waals surface area contributed by atoms with E-state index < -0.39 is 10.7 Å². The minimum Gasteiger partial charge on any atom is -0.508 e. The van der Waals surface area contributed by atoms with Crippen molar-refractivity contribution in [1.29, 1.82) is 0 Å². The normalized spacial score (nSPS) is 24.5. The van der Waals surface area contributed by atoms with Crippen molar-refractivity contribution in [3.8, 4) is 5.75 Å². The van der Waals surface area contributed by atoms with Crippen molar-refractivity contribution < 1.29 is 15.0 Å². The lowest BCUT2D eigenvalue weighted by Crippen LogP contribution is -2.34. The van der Waals surface area contributed by atoms with Crippen LogP contribution in [-0.4, -0.2) is 26.7 Å². The molecule has 1 saturated heterocycles. The van der Waals surface area contributed by atoms with Crippen molar-refractivity contribution in [3.05, 3.63) is 29.8 Å². The van der Waals surface area contributed by atoms with Gasteiger partial charge < -0.3 is 10.2 Å². The first-order valence-electron chi connectivity index (χ1n) is 5.28. The monoisotopic (exact) mass is 238 g/mol. The lowest BCUT2D eigenvalue weighted by Gasteiger charge is -2.22. The molecule has 1 aromatic rings. The van der Waals surface area contributed by atoms with Crippen LogP contribution in [0.15, 0.2) is 24.3 Å². The highest BCUT2D eigenvalue weighted by atomic mass is 32.2. The molecule has 1 unspecified atom stereocenters. The van der Waals surface area contributed by atoms with Crippen molar-refractivity contribution >= 4 is 17.7 Å². The van der Waals surface area contributed by atoms with Crippen LogP contribution in [0.4, 0.5) is 0 Å². The number of carbonyl (C=O) groups is 1. The summed E-state index contributed by atoms with van der Waals surface area (Å²) in [5.74, 6) is 0.417.